The van der Waals surface area contributed by atoms with Crippen molar-refractivity contribution < 1.29 is 9.53 Å². The molecule has 0 aliphatic rings. The van der Waals surface area contributed by atoms with Gasteiger partial charge in [-0.15, -0.1) is 0 Å². The maximum absolute atomic E-state index is 12.9. The predicted molar refractivity (Wildman–Crippen MR) is 112 cm³/mol. The number of carbonyl (C=O) groups excluding carboxylic acids is 1. The highest BCUT2D eigenvalue weighted by molar-refractivity contribution is 9.10. The summed E-state index contributed by atoms with van der Waals surface area (Å²) in [6, 6.07) is 25.8. The molecular formula is C23H22BrNO2. The average Bonchev–Trinajstić information content (AvgIpc) is 2.70. The molecule has 0 aliphatic heterocycles. The summed E-state index contributed by atoms with van der Waals surface area (Å²) < 4.78 is 6.77. The second-order valence-corrected chi connectivity index (χ2v) is 7.28. The molecule has 3 aromatic rings. The first kappa shape index (κ1) is 19.2. The van der Waals surface area contributed by atoms with E-state index in [1.165, 1.54) is 0 Å². The van der Waals surface area contributed by atoms with Gasteiger partial charge in [-0.1, -0.05) is 76.6 Å². The molecule has 0 unspecified atom stereocenters. The van der Waals surface area contributed by atoms with Crippen molar-refractivity contribution in [2.45, 2.75) is 20.0 Å². The zero-order chi connectivity index (χ0) is 19.1. The molecule has 0 aromatic heterocycles. The topological polar surface area (TPSA) is 29.5 Å². The summed E-state index contributed by atoms with van der Waals surface area (Å²) in [6.45, 7) is 3.12. The van der Waals surface area contributed by atoms with Crippen molar-refractivity contribution in [3.8, 4) is 5.75 Å². The van der Waals surface area contributed by atoms with Gasteiger partial charge in [0.25, 0.3) is 5.91 Å². The van der Waals surface area contributed by atoms with Crippen LogP contribution >= 0.6 is 15.9 Å². The number of aryl methyl sites for hydroxylation is 1. The van der Waals surface area contributed by atoms with E-state index in [0.29, 0.717) is 18.8 Å². The second kappa shape index (κ2) is 9.38. The van der Waals surface area contributed by atoms with Crippen LogP contribution < -0.4 is 4.74 Å². The van der Waals surface area contributed by atoms with Gasteiger partial charge in [-0.25, -0.2) is 0 Å². The van der Waals surface area contributed by atoms with Gasteiger partial charge < -0.3 is 9.64 Å². The van der Waals surface area contributed by atoms with Crippen LogP contribution in [0.2, 0.25) is 0 Å². The molecule has 0 radical (unpaired) electrons. The Hall–Kier alpha value is -2.59. The summed E-state index contributed by atoms with van der Waals surface area (Å²) in [5.41, 5.74) is 3.27. The van der Waals surface area contributed by atoms with Crippen LogP contribution in [-0.4, -0.2) is 17.4 Å². The first-order chi connectivity index (χ1) is 13.1. The molecule has 0 bridgehead atoms. The number of ether oxygens (including phenoxy) is 1. The van der Waals surface area contributed by atoms with Gasteiger partial charge in [0.05, 0.1) is 0 Å². The lowest BCUT2D eigenvalue weighted by Gasteiger charge is -2.23. The Labute approximate surface area is 168 Å². The Bertz CT molecular complexity index is 840. The van der Waals surface area contributed by atoms with Crippen LogP contribution in [-0.2, 0) is 17.9 Å². The Morgan fingerprint density at radius 3 is 1.96 bits per heavy atom. The first-order valence-corrected chi connectivity index (χ1v) is 9.66. The Morgan fingerprint density at radius 1 is 0.889 bits per heavy atom. The molecule has 0 aliphatic carbocycles. The third kappa shape index (κ3) is 5.69. The Balaban J connectivity index is 1.70. The molecule has 0 N–H and O–H groups in total. The highest BCUT2D eigenvalue weighted by Crippen LogP contribution is 2.21. The number of amides is 1. The number of halogens is 1. The maximum Gasteiger partial charge on any atom is 0.261 e. The molecule has 3 aromatic carbocycles. The van der Waals surface area contributed by atoms with E-state index in [4.69, 9.17) is 4.74 Å². The number of nitrogens with zero attached hydrogens (tertiary/aromatic N) is 1. The molecule has 27 heavy (non-hydrogen) atoms. The van der Waals surface area contributed by atoms with Gasteiger partial charge >= 0.3 is 0 Å². The second-order valence-electron chi connectivity index (χ2n) is 6.42. The van der Waals surface area contributed by atoms with Crippen LogP contribution in [0.15, 0.2) is 83.3 Å². The lowest BCUT2D eigenvalue weighted by atomic mass is 10.1. The summed E-state index contributed by atoms with van der Waals surface area (Å²) in [4.78, 5) is 14.7. The van der Waals surface area contributed by atoms with Crippen molar-refractivity contribution in [3.05, 3.63) is 100 Å². The van der Waals surface area contributed by atoms with E-state index in [0.717, 1.165) is 21.2 Å². The van der Waals surface area contributed by atoms with Gasteiger partial charge in [-0.05, 0) is 41.8 Å². The van der Waals surface area contributed by atoms with Crippen LogP contribution in [0.3, 0.4) is 0 Å². The molecule has 4 heteroatoms. The van der Waals surface area contributed by atoms with Crippen LogP contribution in [0.5, 0.6) is 5.75 Å². The minimum absolute atomic E-state index is 0.0146. The SMILES string of the molecule is Cc1cc(OCC(=O)N(Cc2ccccc2)Cc2ccccc2)ccc1Br. The van der Waals surface area contributed by atoms with Gasteiger partial charge in [0.15, 0.2) is 6.61 Å². The van der Waals surface area contributed by atoms with E-state index in [9.17, 15) is 4.79 Å². The molecule has 138 valence electrons. The van der Waals surface area contributed by atoms with Crippen LogP contribution in [0.25, 0.3) is 0 Å². The van der Waals surface area contributed by atoms with E-state index in [1.54, 1.807) is 0 Å². The van der Waals surface area contributed by atoms with Crippen molar-refractivity contribution >= 4 is 21.8 Å². The molecule has 0 spiro atoms. The summed E-state index contributed by atoms with van der Waals surface area (Å²) in [5, 5.41) is 0. The monoisotopic (exact) mass is 423 g/mol. The molecule has 0 fully saturated rings. The zero-order valence-corrected chi connectivity index (χ0v) is 16.9. The minimum atomic E-state index is -0.0386. The molecule has 3 rings (SSSR count). The van der Waals surface area contributed by atoms with E-state index >= 15 is 0 Å². The third-order valence-electron chi connectivity index (χ3n) is 4.28. The first-order valence-electron chi connectivity index (χ1n) is 8.86. The summed E-state index contributed by atoms with van der Waals surface area (Å²) in [7, 11) is 0. The predicted octanol–water partition coefficient (Wildman–Crippen LogP) is 5.37. The number of rotatable bonds is 7. The van der Waals surface area contributed by atoms with Gasteiger partial charge in [0, 0.05) is 17.6 Å². The highest BCUT2D eigenvalue weighted by Gasteiger charge is 2.15. The highest BCUT2D eigenvalue weighted by atomic mass is 79.9. The number of carbonyl (C=O) groups is 1. The molecule has 0 heterocycles. The quantitative estimate of drug-likeness (QED) is 0.511. The van der Waals surface area contributed by atoms with E-state index in [2.05, 4.69) is 15.9 Å². The Kier molecular flexibility index (Phi) is 6.66. The molecule has 0 atom stereocenters. The molecule has 0 saturated heterocycles. The number of hydrogen-bond acceptors (Lipinski definition) is 2. The van der Waals surface area contributed by atoms with E-state index in [1.807, 2.05) is 90.7 Å². The Morgan fingerprint density at radius 2 is 1.44 bits per heavy atom. The minimum Gasteiger partial charge on any atom is -0.484 e. The molecule has 1 amide bonds. The van der Waals surface area contributed by atoms with Gasteiger partial charge in [-0.2, -0.15) is 0 Å². The summed E-state index contributed by atoms with van der Waals surface area (Å²) in [6.07, 6.45) is 0. The van der Waals surface area contributed by atoms with E-state index < -0.39 is 0 Å². The van der Waals surface area contributed by atoms with Crippen LogP contribution in [0.1, 0.15) is 16.7 Å². The zero-order valence-electron chi connectivity index (χ0n) is 15.3. The normalized spacial score (nSPS) is 10.4. The van der Waals surface area contributed by atoms with Crippen molar-refractivity contribution in [1.82, 2.24) is 4.90 Å². The van der Waals surface area contributed by atoms with Gasteiger partial charge in [0.1, 0.15) is 5.75 Å². The maximum atomic E-state index is 12.9. The van der Waals surface area contributed by atoms with Gasteiger partial charge in [0.2, 0.25) is 0 Å². The van der Waals surface area contributed by atoms with Crippen molar-refractivity contribution in [1.29, 1.82) is 0 Å². The fourth-order valence-corrected chi connectivity index (χ4v) is 3.03. The van der Waals surface area contributed by atoms with Crippen molar-refractivity contribution in [2.75, 3.05) is 6.61 Å². The fourth-order valence-electron chi connectivity index (χ4n) is 2.78. The summed E-state index contributed by atoms with van der Waals surface area (Å²) >= 11 is 3.48. The van der Waals surface area contributed by atoms with E-state index in [-0.39, 0.29) is 12.5 Å². The fraction of sp³-hybridized carbons (Fsp3) is 0.174. The van der Waals surface area contributed by atoms with Crippen LogP contribution in [0, 0.1) is 6.92 Å². The largest absolute Gasteiger partial charge is 0.484 e. The molecule has 3 nitrogen and oxygen atoms in total. The van der Waals surface area contributed by atoms with Crippen molar-refractivity contribution in [3.63, 3.8) is 0 Å². The lowest BCUT2D eigenvalue weighted by molar-refractivity contribution is -0.134. The lowest BCUT2D eigenvalue weighted by Crippen LogP contribution is -2.34. The third-order valence-corrected chi connectivity index (χ3v) is 5.17. The molecular weight excluding hydrogens is 402 g/mol. The summed E-state index contributed by atoms with van der Waals surface area (Å²) in [5.74, 6) is 0.659. The number of hydrogen-bond donors (Lipinski definition) is 0. The standard InChI is InChI=1S/C23H22BrNO2/c1-18-14-21(12-13-22(18)24)27-17-23(26)25(15-19-8-4-2-5-9-19)16-20-10-6-3-7-11-20/h2-14H,15-17H2,1H3. The van der Waals surface area contributed by atoms with Gasteiger partial charge in [-0.3, -0.25) is 4.79 Å². The smallest absolute Gasteiger partial charge is 0.261 e. The van der Waals surface area contributed by atoms with Crippen molar-refractivity contribution in [2.24, 2.45) is 0 Å². The van der Waals surface area contributed by atoms with Crippen LogP contribution in [0.4, 0.5) is 0 Å². The average molecular weight is 424 g/mol. The number of benzene rings is 3. The molecule has 0 saturated carbocycles.